The van der Waals surface area contributed by atoms with E-state index in [1.54, 1.807) is 19.5 Å². The third kappa shape index (κ3) is 6.80. The van der Waals surface area contributed by atoms with Crippen LogP contribution in [0.25, 0.3) is 0 Å². The number of aromatic nitrogens is 2. The fraction of sp³-hybridized carbons (Fsp3) is 0.560. The van der Waals surface area contributed by atoms with Gasteiger partial charge in [0.2, 0.25) is 0 Å². The first-order valence-corrected chi connectivity index (χ1v) is 11.8. The van der Waals surface area contributed by atoms with Crippen LogP contribution in [-0.4, -0.2) is 67.2 Å². The lowest BCUT2D eigenvalue weighted by atomic mass is 9.81. The van der Waals surface area contributed by atoms with Gasteiger partial charge in [-0.3, -0.25) is 4.79 Å². The number of aliphatic carboxylic acids is 1. The zero-order valence-electron chi connectivity index (χ0n) is 20.5. The summed E-state index contributed by atoms with van der Waals surface area (Å²) in [6.45, 7) is 9.06. The highest BCUT2D eigenvalue weighted by Crippen LogP contribution is 2.37. The van der Waals surface area contributed by atoms with Crippen molar-refractivity contribution in [3.63, 3.8) is 0 Å². The van der Waals surface area contributed by atoms with Crippen molar-refractivity contribution in [2.24, 2.45) is 0 Å². The van der Waals surface area contributed by atoms with Crippen LogP contribution in [0, 0.1) is 0 Å². The molecule has 2 N–H and O–H groups in total. The van der Waals surface area contributed by atoms with Crippen LogP contribution in [-0.2, 0) is 19.7 Å². The summed E-state index contributed by atoms with van der Waals surface area (Å²) >= 11 is 0. The molecule has 9 heteroatoms. The topological polar surface area (TPSA) is 106 Å². The van der Waals surface area contributed by atoms with Crippen molar-refractivity contribution in [3.05, 3.63) is 36.2 Å². The Balaban J connectivity index is 2.00. The van der Waals surface area contributed by atoms with E-state index < -0.39 is 11.4 Å². The number of benzene rings is 1. The van der Waals surface area contributed by atoms with Crippen LogP contribution in [0.4, 0.5) is 17.1 Å². The number of rotatable bonds is 12. The second-order valence-corrected chi connectivity index (χ2v) is 9.03. The van der Waals surface area contributed by atoms with Crippen molar-refractivity contribution in [2.45, 2.75) is 51.5 Å². The molecule has 1 aliphatic rings. The predicted octanol–water partition coefficient (Wildman–Crippen LogP) is 4.00. The maximum Gasteiger partial charge on any atom is 0.316 e. The molecule has 0 bridgehead atoms. The number of hydrogen-bond acceptors (Lipinski definition) is 8. The first kappa shape index (κ1) is 25.7. The van der Waals surface area contributed by atoms with E-state index >= 15 is 0 Å². The molecule has 0 radical (unpaired) electrons. The fourth-order valence-corrected chi connectivity index (χ4v) is 4.21. The van der Waals surface area contributed by atoms with Gasteiger partial charge in [-0.25, -0.2) is 9.97 Å². The fourth-order valence-electron chi connectivity index (χ4n) is 4.21. The molecule has 1 aromatic heterocycles. The highest BCUT2D eigenvalue weighted by molar-refractivity contribution is 5.77. The molecule has 0 amide bonds. The second kappa shape index (κ2) is 12.0. The Morgan fingerprint density at radius 3 is 2.59 bits per heavy atom. The summed E-state index contributed by atoms with van der Waals surface area (Å²) in [5, 5.41) is 12.9. The van der Waals surface area contributed by atoms with E-state index in [0.29, 0.717) is 25.3 Å². The minimum atomic E-state index is -0.826. The SMILES string of the molecule is CCOc1ncc(Nc2cc(C(C)(C)CC(=O)O)ccc2N(CCOC)C2CCOCC2)cn1. The molecule has 0 spiro atoms. The van der Waals surface area contributed by atoms with Gasteiger partial charge in [0.25, 0.3) is 0 Å². The molecule has 2 aromatic rings. The van der Waals surface area contributed by atoms with Gasteiger partial charge in [-0.05, 0) is 37.5 Å². The lowest BCUT2D eigenvalue weighted by Gasteiger charge is -2.37. The summed E-state index contributed by atoms with van der Waals surface area (Å²) in [7, 11) is 1.70. The summed E-state index contributed by atoms with van der Waals surface area (Å²) in [6.07, 6.45) is 5.27. The standard InChI is InChI=1S/C25H36N4O5/c1-5-34-24-26-16-19(17-27-24)28-21-14-18(25(2,3)15-23(30)31)6-7-22(21)29(10-13-32-4)20-8-11-33-12-9-20/h6-7,14,16-17,20,28H,5,8-13,15H2,1-4H3,(H,30,31). The molecule has 0 saturated carbocycles. The average Bonchev–Trinajstić information content (AvgIpc) is 2.81. The molecule has 186 valence electrons. The molecular formula is C25H36N4O5. The molecule has 3 rings (SSSR count). The number of anilines is 3. The van der Waals surface area contributed by atoms with Gasteiger partial charge in [0.1, 0.15) is 0 Å². The molecule has 0 aliphatic carbocycles. The van der Waals surface area contributed by atoms with Gasteiger partial charge in [0, 0.05) is 38.3 Å². The van der Waals surface area contributed by atoms with E-state index in [2.05, 4.69) is 26.3 Å². The molecule has 1 aromatic carbocycles. The molecular weight excluding hydrogens is 436 g/mol. The van der Waals surface area contributed by atoms with E-state index in [0.717, 1.165) is 55.2 Å². The number of methoxy groups -OCH3 is 1. The molecule has 0 atom stereocenters. The molecule has 9 nitrogen and oxygen atoms in total. The first-order valence-electron chi connectivity index (χ1n) is 11.8. The third-order valence-electron chi connectivity index (χ3n) is 6.03. The minimum absolute atomic E-state index is 0.0330. The normalized spacial score (nSPS) is 14.6. The Morgan fingerprint density at radius 1 is 1.26 bits per heavy atom. The Morgan fingerprint density at radius 2 is 1.97 bits per heavy atom. The largest absolute Gasteiger partial charge is 0.481 e. The van der Waals surface area contributed by atoms with Gasteiger partial charge in [0.05, 0.1) is 49.1 Å². The van der Waals surface area contributed by atoms with Gasteiger partial charge in [-0.2, -0.15) is 0 Å². The zero-order chi connectivity index (χ0) is 24.6. The van der Waals surface area contributed by atoms with Crippen molar-refractivity contribution < 1.29 is 24.1 Å². The Bertz CT molecular complexity index is 929. The highest BCUT2D eigenvalue weighted by Gasteiger charge is 2.28. The molecule has 34 heavy (non-hydrogen) atoms. The van der Waals surface area contributed by atoms with Gasteiger partial charge < -0.3 is 29.5 Å². The molecule has 1 saturated heterocycles. The van der Waals surface area contributed by atoms with E-state index in [1.165, 1.54) is 0 Å². The number of nitrogens with one attached hydrogen (secondary N) is 1. The number of nitrogens with zero attached hydrogens (tertiary/aromatic N) is 3. The predicted molar refractivity (Wildman–Crippen MR) is 131 cm³/mol. The summed E-state index contributed by atoms with van der Waals surface area (Å²) < 4.78 is 16.4. The third-order valence-corrected chi connectivity index (χ3v) is 6.03. The van der Waals surface area contributed by atoms with E-state index in [1.807, 2.05) is 32.9 Å². The van der Waals surface area contributed by atoms with Crippen LogP contribution in [0.1, 0.15) is 45.6 Å². The first-order chi connectivity index (χ1) is 16.3. The van der Waals surface area contributed by atoms with Gasteiger partial charge in [-0.1, -0.05) is 19.9 Å². The monoisotopic (exact) mass is 472 g/mol. The van der Waals surface area contributed by atoms with Crippen LogP contribution >= 0.6 is 0 Å². The summed E-state index contributed by atoms with van der Waals surface area (Å²) in [6, 6.07) is 6.78. The van der Waals surface area contributed by atoms with Crippen LogP contribution in [0.2, 0.25) is 0 Å². The van der Waals surface area contributed by atoms with Crippen LogP contribution in [0.15, 0.2) is 30.6 Å². The smallest absolute Gasteiger partial charge is 0.316 e. The van der Waals surface area contributed by atoms with Crippen molar-refractivity contribution in [2.75, 3.05) is 50.3 Å². The number of carboxylic acid groups (broad SMARTS) is 1. The molecule has 2 heterocycles. The second-order valence-electron chi connectivity index (χ2n) is 9.03. The van der Waals surface area contributed by atoms with Gasteiger partial charge in [0.15, 0.2) is 0 Å². The maximum atomic E-state index is 11.5. The summed E-state index contributed by atoms with van der Waals surface area (Å²) in [5.74, 6) is -0.826. The lowest BCUT2D eigenvalue weighted by molar-refractivity contribution is -0.138. The van der Waals surface area contributed by atoms with E-state index in [-0.39, 0.29) is 6.42 Å². The van der Waals surface area contributed by atoms with Crippen molar-refractivity contribution in [1.29, 1.82) is 0 Å². The van der Waals surface area contributed by atoms with Gasteiger partial charge in [-0.15, -0.1) is 0 Å². The summed E-state index contributed by atoms with van der Waals surface area (Å²) in [5.41, 5.74) is 3.01. The molecule has 1 aliphatic heterocycles. The van der Waals surface area contributed by atoms with Crippen molar-refractivity contribution in [3.8, 4) is 6.01 Å². The Labute approximate surface area is 201 Å². The minimum Gasteiger partial charge on any atom is -0.481 e. The van der Waals surface area contributed by atoms with Crippen LogP contribution in [0.5, 0.6) is 6.01 Å². The molecule has 0 unspecified atom stereocenters. The number of carbonyl (C=O) groups is 1. The Kier molecular flexibility index (Phi) is 9.06. The number of hydrogen-bond donors (Lipinski definition) is 2. The average molecular weight is 473 g/mol. The van der Waals surface area contributed by atoms with Gasteiger partial charge >= 0.3 is 12.0 Å². The number of ether oxygens (including phenoxy) is 3. The highest BCUT2D eigenvalue weighted by atomic mass is 16.5. The lowest BCUT2D eigenvalue weighted by Crippen LogP contribution is -2.41. The summed E-state index contributed by atoms with van der Waals surface area (Å²) in [4.78, 5) is 22.4. The van der Waals surface area contributed by atoms with Crippen LogP contribution in [0.3, 0.4) is 0 Å². The van der Waals surface area contributed by atoms with E-state index in [9.17, 15) is 9.90 Å². The van der Waals surface area contributed by atoms with Crippen molar-refractivity contribution in [1.82, 2.24) is 9.97 Å². The molecule has 1 fully saturated rings. The Hall–Kier alpha value is -2.91. The zero-order valence-corrected chi connectivity index (χ0v) is 20.5. The maximum absolute atomic E-state index is 11.5. The van der Waals surface area contributed by atoms with Crippen molar-refractivity contribution >= 4 is 23.0 Å². The van der Waals surface area contributed by atoms with E-state index in [4.69, 9.17) is 14.2 Å². The quantitative estimate of drug-likeness (QED) is 0.474. The van der Waals surface area contributed by atoms with Crippen LogP contribution < -0.4 is 15.0 Å². The number of carboxylic acids is 1.